The lowest BCUT2D eigenvalue weighted by Crippen LogP contribution is -2.32. The number of carbonyl (C=O) groups is 2. The Kier molecular flexibility index (Phi) is 6.65. The summed E-state index contributed by atoms with van der Waals surface area (Å²) >= 11 is 0. The molecule has 0 aromatic heterocycles. The predicted octanol–water partition coefficient (Wildman–Crippen LogP) is 3.48. The normalized spacial score (nSPS) is 17.9. The highest BCUT2D eigenvalue weighted by Crippen LogP contribution is 2.42. The molecule has 0 aliphatic carbocycles. The van der Waals surface area contributed by atoms with Crippen molar-refractivity contribution in [3.05, 3.63) is 64.2 Å². The Labute approximate surface area is 181 Å². The van der Waals surface area contributed by atoms with Crippen molar-refractivity contribution in [3.63, 3.8) is 0 Å². The average Bonchev–Trinajstić information content (AvgIpc) is 3.00. The lowest BCUT2D eigenvalue weighted by molar-refractivity contribution is -0.140. The van der Waals surface area contributed by atoms with Gasteiger partial charge in [-0.2, -0.15) is 0 Å². The van der Waals surface area contributed by atoms with Crippen LogP contribution in [0.2, 0.25) is 0 Å². The molecular formula is C24H27NO6. The van der Waals surface area contributed by atoms with Gasteiger partial charge in [-0.25, -0.2) is 0 Å². The van der Waals surface area contributed by atoms with Crippen molar-refractivity contribution in [2.24, 2.45) is 0 Å². The molecule has 0 spiro atoms. The van der Waals surface area contributed by atoms with Gasteiger partial charge in [-0.05, 0) is 50.1 Å². The molecule has 1 saturated heterocycles. The molecule has 2 N–H and O–H groups in total. The van der Waals surface area contributed by atoms with E-state index in [4.69, 9.17) is 9.47 Å². The molecule has 1 atom stereocenters. The first kappa shape index (κ1) is 22.4. The van der Waals surface area contributed by atoms with Gasteiger partial charge in [-0.3, -0.25) is 9.59 Å². The highest BCUT2D eigenvalue weighted by atomic mass is 16.5. The fraction of sp³-hybridized carbons (Fsp3) is 0.333. The lowest BCUT2D eigenvalue weighted by Gasteiger charge is -2.25. The van der Waals surface area contributed by atoms with Gasteiger partial charge in [0.1, 0.15) is 5.76 Å². The van der Waals surface area contributed by atoms with Crippen molar-refractivity contribution in [2.45, 2.75) is 26.8 Å². The van der Waals surface area contributed by atoms with E-state index < -0.39 is 17.7 Å². The maximum Gasteiger partial charge on any atom is 0.295 e. The summed E-state index contributed by atoms with van der Waals surface area (Å²) in [4.78, 5) is 27.3. The van der Waals surface area contributed by atoms with Gasteiger partial charge in [0.05, 0.1) is 24.8 Å². The van der Waals surface area contributed by atoms with Gasteiger partial charge in [0.25, 0.3) is 11.7 Å². The number of nitrogens with zero attached hydrogens (tertiary/aromatic N) is 1. The van der Waals surface area contributed by atoms with E-state index in [9.17, 15) is 19.8 Å². The summed E-state index contributed by atoms with van der Waals surface area (Å²) in [5, 5.41) is 21.3. The summed E-state index contributed by atoms with van der Waals surface area (Å²) in [6.07, 6.45) is 0. The van der Waals surface area contributed by atoms with E-state index >= 15 is 0 Å². The van der Waals surface area contributed by atoms with Gasteiger partial charge in [-0.15, -0.1) is 0 Å². The minimum absolute atomic E-state index is 0.00272. The van der Waals surface area contributed by atoms with Crippen LogP contribution in [0.5, 0.6) is 11.5 Å². The predicted molar refractivity (Wildman–Crippen MR) is 116 cm³/mol. The zero-order valence-electron chi connectivity index (χ0n) is 18.1. The highest BCUT2D eigenvalue weighted by Gasteiger charge is 2.46. The van der Waals surface area contributed by atoms with Crippen LogP contribution in [0.15, 0.2) is 42.0 Å². The lowest BCUT2D eigenvalue weighted by atomic mass is 9.93. The number of aryl methyl sites for hydroxylation is 2. The molecular weight excluding hydrogens is 398 g/mol. The number of hydrogen-bond acceptors (Lipinski definition) is 6. The molecule has 7 nitrogen and oxygen atoms in total. The van der Waals surface area contributed by atoms with Gasteiger partial charge in [0.15, 0.2) is 11.5 Å². The first-order chi connectivity index (χ1) is 14.8. The quantitative estimate of drug-likeness (QED) is 0.401. The van der Waals surface area contributed by atoms with Crippen molar-refractivity contribution >= 4 is 17.4 Å². The molecule has 7 heteroatoms. The standard InChI is InChI=1S/C24H27NO6/c1-5-31-19-13-16(8-9-18(19)26)21-20(23(28)24(29)25(21)10-11-30-4)22(27)17-12-14(2)6-7-15(17)3/h6-9,12-13,21,26-27H,5,10-11H2,1-4H3/t21-/m1/s1. The van der Waals surface area contributed by atoms with E-state index in [1.807, 2.05) is 26.0 Å². The molecule has 2 aromatic carbocycles. The third-order valence-corrected chi connectivity index (χ3v) is 5.32. The molecule has 0 unspecified atom stereocenters. The number of phenolic OH excluding ortho intramolecular Hbond substituents is 1. The fourth-order valence-electron chi connectivity index (χ4n) is 3.75. The first-order valence-electron chi connectivity index (χ1n) is 10.1. The molecule has 1 heterocycles. The number of aromatic hydroxyl groups is 1. The number of rotatable bonds is 7. The third-order valence-electron chi connectivity index (χ3n) is 5.32. The zero-order valence-corrected chi connectivity index (χ0v) is 18.1. The van der Waals surface area contributed by atoms with Gasteiger partial charge in [0, 0.05) is 19.2 Å². The van der Waals surface area contributed by atoms with Crippen LogP contribution in [0.4, 0.5) is 0 Å². The van der Waals surface area contributed by atoms with Crippen molar-refractivity contribution in [3.8, 4) is 11.5 Å². The maximum atomic E-state index is 13.0. The SMILES string of the molecule is CCOc1cc([C@@H]2C(=C(O)c3cc(C)ccc3C)C(=O)C(=O)N2CCOC)ccc1O. The zero-order chi connectivity index (χ0) is 22.7. The Hall–Kier alpha value is -3.32. The summed E-state index contributed by atoms with van der Waals surface area (Å²) < 4.78 is 10.6. The van der Waals surface area contributed by atoms with Crippen molar-refractivity contribution < 1.29 is 29.3 Å². The summed E-state index contributed by atoms with van der Waals surface area (Å²) in [5.74, 6) is -1.50. The number of benzene rings is 2. The number of ketones is 1. The van der Waals surface area contributed by atoms with Crippen LogP contribution >= 0.6 is 0 Å². The number of likely N-dealkylation sites (tertiary alicyclic amines) is 1. The van der Waals surface area contributed by atoms with Crippen LogP contribution in [0.25, 0.3) is 5.76 Å². The number of aliphatic hydroxyl groups is 1. The average molecular weight is 425 g/mol. The smallest absolute Gasteiger partial charge is 0.295 e. The highest BCUT2D eigenvalue weighted by molar-refractivity contribution is 6.46. The number of carbonyl (C=O) groups excluding carboxylic acids is 2. The molecule has 2 aromatic rings. The van der Waals surface area contributed by atoms with Gasteiger partial charge in [0.2, 0.25) is 0 Å². The van der Waals surface area contributed by atoms with Gasteiger partial charge < -0.3 is 24.6 Å². The second-order valence-electron chi connectivity index (χ2n) is 7.46. The van der Waals surface area contributed by atoms with Crippen LogP contribution in [-0.4, -0.2) is 53.7 Å². The van der Waals surface area contributed by atoms with Crippen LogP contribution in [-0.2, 0) is 14.3 Å². The van der Waals surface area contributed by atoms with E-state index in [-0.39, 0.29) is 36.0 Å². The van der Waals surface area contributed by atoms with Gasteiger partial charge >= 0.3 is 0 Å². The largest absolute Gasteiger partial charge is 0.507 e. The minimum Gasteiger partial charge on any atom is -0.507 e. The van der Waals surface area contributed by atoms with E-state index in [1.165, 1.54) is 18.1 Å². The Morgan fingerprint density at radius 2 is 1.87 bits per heavy atom. The van der Waals surface area contributed by atoms with E-state index in [0.717, 1.165) is 11.1 Å². The molecule has 0 bridgehead atoms. The van der Waals surface area contributed by atoms with Crippen LogP contribution in [0.1, 0.15) is 35.2 Å². The minimum atomic E-state index is -0.838. The summed E-state index contributed by atoms with van der Waals surface area (Å²) in [6.45, 7) is 6.24. The Morgan fingerprint density at radius 3 is 2.55 bits per heavy atom. The maximum absolute atomic E-state index is 13.0. The monoisotopic (exact) mass is 425 g/mol. The van der Waals surface area contributed by atoms with E-state index in [1.54, 1.807) is 25.1 Å². The molecule has 0 radical (unpaired) electrons. The molecule has 3 rings (SSSR count). The number of ether oxygens (including phenoxy) is 2. The van der Waals surface area contributed by atoms with Gasteiger partial charge in [-0.1, -0.05) is 23.8 Å². The number of hydrogen-bond donors (Lipinski definition) is 2. The first-order valence-corrected chi connectivity index (χ1v) is 10.1. The van der Waals surface area contributed by atoms with Crippen LogP contribution in [0.3, 0.4) is 0 Å². The summed E-state index contributed by atoms with van der Waals surface area (Å²) in [5.41, 5.74) is 2.75. The molecule has 0 saturated carbocycles. The Balaban J connectivity index is 2.23. The van der Waals surface area contributed by atoms with Crippen molar-refractivity contribution in [1.29, 1.82) is 0 Å². The van der Waals surface area contributed by atoms with Crippen LogP contribution < -0.4 is 4.74 Å². The number of aliphatic hydroxyl groups excluding tert-OH is 1. The molecule has 1 aliphatic heterocycles. The Morgan fingerprint density at radius 1 is 1.13 bits per heavy atom. The Bertz CT molecular complexity index is 1040. The molecule has 164 valence electrons. The van der Waals surface area contributed by atoms with Crippen molar-refractivity contribution in [2.75, 3.05) is 26.9 Å². The molecule has 31 heavy (non-hydrogen) atoms. The third kappa shape index (κ3) is 4.27. The molecule has 1 amide bonds. The number of Topliss-reactive ketones (excluding diaryl/α,β-unsaturated/α-hetero) is 1. The van der Waals surface area contributed by atoms with Crippen molar-refractivity contribution in [1.82, 2.24) is 4.90 Å². The summed E-state index contributed by atoms with van der Waals surface area (Å²) in [7, 11) is 1.51. The summed E-state index contributed by atoms with van der Waals surface area (Å²) in [6, 6.07) is 9.37. The molecule has 1 aliphatic rings. The molecule has 1 fully saturated rings. The number of methoxy groups -OCH3 is 1. The van der Waals surface area contributed by atoms with Crippen LogP contribution in [0, 0.1) is 13.8 Å². The topological polar surface area (TPSA) is 96.3 Å². The second-order valence-corrected chi connectivity index (χ2v) is 7.46. The number of amides is 1. The number of phenols is 1. The van der Waals surface area contributed by atoms with E-state index in [2.05, 4.69) is 0 Å². The fourth-order valence-corrected chi connectivity index (χ4v) is 3.75. The second kappa shape index (κ2) is 9.22. The van der Waals surface area contributed by atoms with E-state index in [0.29, 0.717) is 17.7 Å².